The molecular formula is C19H31N5O2. The van der Waals surface area contributed by atoms with Gasteiger partial charge in [0.05, 0.1) is 13.2 Å². The number of hydrogen-bond acceptors (Lipinski definition) is 4. The highest BCUT2D eigenvalue weighted by Gasteiger charge is 2.23. The fourth-order valence-corrected chi connectivity index (χ4v) is 3.09. The normalized spacial score (nSPS) is 17.2. The smallest absolute Gasteiger partial charge is 0.248 e. The van der Waals surface area contributed by atoms with Gasteiger partial charge in [-0.25, -0.2) is 0 Å². The zero-order valence-corrected chi connectivity index (χ0v) is 16.0. The molecule has 26 heavy (non-hydrogen) atoms. The Morgan fingerprint density at radius 1 is 1.23 bits per heavy atom. The first-order valence-electron chi connectivity index (χ1n) is 9.16. The summed E-state index contributed by atoms with van der Waals surface area (Å²) >= 11 is 0. The predicted octanol–water partition coefficient (Wildman–Crippen LogP) is 0.807. The number of primary amides is 1. The number of guanidine groups is 1. The monoisotopic (exact) mass is 361 g/mol. The molecule has 0 saturated carbocycles. The highest BCUT2D eigenvalue weighted by Crippen LogP contribution is 2.12. The van der Waals surface area contributed by atoms with E-state index < -0.39 is 5.91 Å². The number of benzene rings is 1. The minimum absolute atomic E-state index is 0.412. The van der Waals surface area contributed by atoms with E-state index in [2.05, 4.69) is 34.4 Å². The van der Waals surface area contributed by atoms with Gasteiger partial charge in [-0.3, -0.25) is 14.7 Å². The lowest BCUT2D eigenvalue weighted by Crippen LogP contribution is -2.52. The molecule has 1 unspecified atom stereocenters. The molecule has 2 rings (SSSR count). The Morgan fingerprint density at radius 3 is 2.42 bits per heavy atom. The van der Waals surface area contributed by atoms with Crippen LogP contribution in [0.15, 0.2) is 29.3 Å². The van der Waals surface area contributed by atoms with Crippen LogP contribution in [0, 0.1) is 5.92 Å². The van der Waals surface area contributed by atoms with E-state index in [-0.39, 0.29) is 0 Å². The molecule has 1 aliphatic rings. The third kappa shape index (κ3) is 6.00. The lowest BCUT2D eigenvalue weighted by molar-refractivity contribution is 0.00752. The molecule has 0 aromatic heterocycles. The number of nitrogens with zero attached hydrogens (tertiary/aromatic N) is 2. The number of rotatable bonds is 7. The van der Waals surface area contributed by atoms with Crippen LogP contribution in [-0.2, 0) is 11.3 Å². The lowest BCUT2D eigenvalue weighted by Gasteiger charge is -2.37. The van der Waals surface area contributed by atoms with Crippen molar-refractivity contribution in [2.24, 2.45) is 16.6 Å². The molecule has 1 heterocycles. The second kappa shape index (κ2) is 10.1. The third-order valence-corrected chi connectivity index (χ3v) is 4.68. The van der Waals surface area contributed by atoms with Crippen LogP contribution in [0.3, 0.4) is 0 Å². The molecule has 0 spiro atoms. The Balaban J connectivity index is 1.84. The molecule has 0 bridgehead atoms. The first-order valence-corrected chi connectivity index (χ1v) is 9.16. The Morgan fingerprint density at radius 2 is 1.88 bits per heavy atom. The van der Waals surface area contributed by atoms with Crippen LogP contribution < -0.4 is 16.4 Å². The number of aliphatic imine (C=N–C) groups is 1. The zero-order valence-electron chi connectivity index (χ0n) is 16.0. The lowest BCUT2D eigenvalue weighted by atomic mass is 10.0. The molecule has 7 nitrogen and oxygen atoms in total. The van der Waals surface area contributed by atoms with Gasteiger partial charge in [-0.1, -0.05) is 26.0 Å². The van der Waals surface area contributed by atoms with Crippen LogP contribution in [0.4, 0.5) is 0 Å². The average Bonchev–Trinajstić information content (AvgIpc) is 2.65. The summed E-state index contributed by atoms with van der Waals surface area (Å²) in [6, 6.07) is 7.70. The van der Waals surface area contributed by atoms with E-state index in [0.29, 0.717) is 24.1 Å². The summed E-state index contributed by atoms with van der Waals surface area (Å²) in [4.78, 5) is 17.9. The number of nitrogens with two attached hydrogens (primary N) is 1. The largest absolute Gasteiger partial charge is 0.379 e. The second-order valence-corrected chi connectivity index (χ2v) is 6.83. The van der Waals surface area contributed by atoms with Gasteiger partial charge in [0.15, 0.2) is 5.96 Å². The molecule has 4 N–H and O–H groups in total. The quantitative estimate of drug-likeness (QED) is 0.494. The van der Waals surface area contributed by atoms with Crippen molar-refractivity contribution >= 4 is 11.9 Å². The van der Waals surface area contributed by atoms with Gasteiger partial charge in [0.1, 0.15) is 0 Å². The minimum Gasteiger partial charge on any atom is -0.379 e. The molecule has 144 valence electrons. The summed E-state index contributed by atoms with van der Waals surface area (Å²) in [6.07, 6.45) is 0. The molecule has 1 amide bonds. The van der Waals surface area contributed by atoms with Crippen LogP contribution in [0.1, 0.15) is 29.8 Å². The molecular weight excluding hydrogens is 330 g/mol. The van der Waals surface area contributed by atoms with Crippen molar-refractivity contribution in [3.63, 3.8) is 0 Å². The van der Waals surface area contributed by atoms with E-state index in [0.717, 1.165) is 44.4 Å². The molecule has 1 fully saturated rings. The molecule has 1 atom stereocenters. The summed E-state index contributed by atoms with van der Waals surface area (Å²) in [5.74, 6) is 0.896. The van der Waals surface area contributed by atoms with E-state index in [1.54, 1.807) is 19.2 Å². The van der Waals surface area contributed by atoms with E-state index in [1.165, 1.54) is 0 Å². The molecule has 1 aromatic rings. The van der Waals surface area contributed by atoms with Crippen LogP contribution in [0.25, 0.3) is 0 Å². The van der Waals surface area contributed by atoms with Crippen molar-refractivity contribution < 1.29 is 9.53 Å². The summed E-state index contributed by atoms with van der Waals surface area (Å²) < 4.78 is 5.46. The van der Waals surface area contributed by atoms with Crippen molar-refractivity contribution in [2.45, 2.75) is 26.4 Å². The van der Waals surface area contributed by atoms with Gasteiger partial charge in [0.2, 0.25) is 5.91 Å². The van der Waals surface area contributed by atoms with E-state index in [9.17, 15) is 4.79 Å². The van der Waals surface area contributed by atoms with Crippen molar-refractivity contribution in [1.82, 2.24) is 15.5 Å². The predicted molar refractivity (Wildman–Crippen MR) is 104 cm³/mol. The first-order chi connectivity index (χ1) is 12.5. The number of nitrogens with one attached hydrogen (secondary N) is 2. The number of morpholine rings is 1. The van der Waals surface area contributed by atoms with Crippen LogP contribution >= 0.6 is 0 Å². The van der Waals surface area contributed by atoms with Gasteiger partial charge in [0, 0.05) is 44.8 Å². The maximum Gasteiger partial charge on any atom is 0.248 e. The van der Waals surface area contributed by atoms with Gasteiger partial charge >= 0.3 is 0 Å². The number of amides is 1. The van der Waals surface area contributed by atoms with E-state index in [4.69, 9.17) is 10.5 Å². The zero-order chi connectivity index (χ0) is 18.9. The first kappa shape index (κ1) is 20.2. The molecule has 1 saturated heterocycles. The highest BCUT2D eigenvalue weighted by atomic mass is 16.5. The minimum atomic E-state index is -0.412. The Labute approximate surface area is 156 Å². The number of carbonyl (C=O) groups is 1. The van der Waals surface area contributed by atoms with Crippen molar-refractivity contribution in [1.29, 1.82) is 0 Å². The van der Waals surface area contributed by atoms with Gasteiger partial charge < -0.3 is 21.1 Å². The number of ether oxygens (including phenoxy) is 1. The Hall–Kier alpha value is -2.12. The number of hydrogen-bond donors (Lipinski definition) is 3. The van der Waals surface area contributed by atoms with Gasteiger partial charge in [-0.2, -0.15) is 0 Å². The molecule has 1 aliphatic heterocycles. The van der Waals surface area contributed by atoms with E-state index in [1.807, 2.05) is 12.1 Å². The highest BCUT2D eigenvalue weighted by molar-refractivity contribution is 5.92. The van der Waals surface area contributed by atoms with Crippen molar-refractivity contribution in [3.05, 3.63) is 35.4 Å². The Bertz CT molecular complexity index is 594. The second-order valence-electron chi connectivity index (χ2n) is 6.83. The van der Waals surface area contributed by atoms with Gasteiger partial charge in [-0.05, 0) is 23.6 Å². The summed E-state index contributed by atoms with van der Waals surface area (Å²) in [5, 5.41) is 6.74. The fourth-order valence-electron chi connectivity index (χ4n) is 3.09. The standard InChI is InChI=1S/C19H31N5O2/c1-14(2)17(24-8-10-26-11-9-24)13-23-19(21-3)22-12-15-4-6-16(7-5-15)18(20)25/h4-7,14,17H,8-13H2,1-3H3,(H2,20,25)(H2,21,22,23). The fraction of sp³-hybridized carbons (Fsp3) is 0.579. The van der Waals surface area contributed by atoms with Gasteiger partial charge in [0.25, 0.3) is 0 Å². The molecule has 0 radical (unpaired) electrons. The number of carbonyl (C=O) groups excluding carboxylic acids is 1. The molecule has 0 aliphatic carbocycles. The molecule has 1 aromatic carbocycles. The van der Waals surface area contributed by atoms with Crippen molar-refractivity contribution in [2.75, 3.05) is 39.9 Å². The summed E-state index contributed by atoms with van der Waals surface area (Å²) in [5.41, 5.74) is 6.84. The SMILES string of the molecule is CN=C(NCc1ccc(C(N)=O)cc1)NCC(C(C)C)N1CCOCC1. The van der Waals surface area contributed by atoms with Crippen LogP contribution in [0.5, 0.6) is 0 Å². The Kier molecular flexibility index (Phi) is 7.87. The average molecular weight is 361 g/mol. The van der Waals surface area contributed by atoms with Crippen LogP contribution in [0.2, 0.25) is 0 Å². The topological polar surface area (TPSA) is 92.0 Å². The third-order valence-electron chi connectivity index (χ3n) is 4.68. The van der Waals surface area contributed by atoms with E-state index >= 15 is 0 Å². The molecule has 7 heteroatoms. The summed E-state index contributed by atoms with van der Waals surface area (Å²) in [6.45, 7) is 9.51. The van der Waals surface area contributed by atoms with Gasteiger partial charge in [-0.15, -0.1) is 0 Å². The van der Waals surface area contributed by atoms with Crippen molar-refractivity contribution in [3.8, 4) is 0 Å². The maximum absolute atomic E-state index is 11.1. The maximum atomic E-state index is 11.1. The summed E-state index contributed by atoms with van der Waals surface area (Å²) in [7, 11) is 1.77. The van der Waals surface area contributed by atoms with Crippen LogP contribution in [-0.4, -0.2) is 62.7 Å².